The van der Waals surface area contributed by atoms with Crippen molar-refractivity contribution in [3.05, 3.63) is 65.0 Å². The molecule has 3 aromatic rings. The Kier molecular flexibility index (Phi) is 5.19. The average Bonchev–Trinajstić information content (AvgIpc) is 3.30. The highest BCUT2D eigenvalue weighted by Gasteiger charge is 2.25. The summed E-state index contributed by atoms with van der Waals surface area (Å²) < 4.78 is 27.9. The van der Waals surface area contributed by atoms with Gasteiger partial charge in [-0.15, -0.1) is 0 Å². The van der Waals surface area contributed by atoms with Gasteiger partial charge in [-0.05, 0) is 65.8 Å². The maximum absolute atomic E-state index is 14.6. The molecule has 30 heavy (non-hydrogen) atoms. The van der Waals surface area contributed by atoms with Gasteiger partial charge in [-0.25, -0.2) is 13.6 Å². The van der Waals surface area contributed by atoms with Gasteiger partial charge in [-0.1, -0.05) is 0 Å². The first-order valence-corrected chi connectivity index (χ1v) is 9.51. The van der Waals surface area contributed by atoms with Gasteiger partial charge < -0.3 is 15.6 Å². The average molecular weight is 408 g/mol. The summed E-state index contributed by atoms with van der Waals surface area (Å²) in [5, 5.41) is 5.88. The van der Waals surface area contributed by atoms with Gasteiger partial charge in [-0.2, -0.15) is 0 Å². The molecule has 4 rings (SSSR count). The van der Waals surface area contributed by atoms with E-state index < -0.39 is 17.7 Å². The number of rotatable bonds is 5. The Balaban J connectivity index is 1.68. The van der Waals surface area contributed by atoms with Gasteiger partial charge in [0.2, 0.25) is 11.8 Å². The second kappa shape index (κ2) is 7.95. The van der Waals surface area contributed by atoms with Crippen LogP contribution in [0.1, 0.15) is 18.4 Å². The number of hydrogen-bond donors (Lipinski definition) is 3. The molecule has 1 atom stereocenters. The molecule has 2 aromatic carbocycles. The first kappa shape index (κ1) is 19.6. The number of aromatic nitrogens is 1. The predicted octanol–water partition coefficient (Wildman–Crippen LogP) is 3.60. The molecule has 0 spiro atoms. The van der Waals surface area contributed by atoms with Crippen LogP contribution in [-0.2, 0) is 16.0 Å². The lowest BCUT2D eigenvalue weighted by Crippen LogP contribution is -2.40. The van der Waals surface area contributed by atoms with Crippen molar-refractivity contribution in [2.24, 2.45) is 0 Å². The van der Waals surface area contributed by atoms with Crippen LogP contribution >= 0.6 is 0 Å². The smallest absolute Gasteiger partial charge is 0.242 e. The molecule has 2 heterocycles. The largest absolute Gasteiger partial charge is 0.354 e. The van der Waals surface area contributed by atoms with Crippen LogP contribution in [-0.4, -0.2) is 29.4 Å². The van der Waals surface area contributed by atoms with Crippen LogP contribution < -0.4 is 10.6 Å². The number of carbonyl (C=O) groups excluding carboxylic acids is 2. The highest BCUT2D eigenvalue weighted by atomic mass is 19.1. The molecule has 1 fully saturated rings. The molecule has 1 aliphatic heterocycles. The lowest BCUT2D eigenvalue weighted by Gasteiger charge is -2.10. The van der Waals surface area contributed by atoms with Gasteiger partial charge in [-0.3, -0.25) is 9.59 Å². The molecule has 0 radical (unpaired) electrons. The molecule has 6 nitrogen and oxygen atoms in total. The van der Waals surface area contributed by atoms with Crippen LogP contribution in [0, 0.1) is 18.2 Å². The lowest BCUT2D eigenvalue weighted by molar-refractivity contribution is -0.127. The number of nitrogens with zero attached hydrogens (tertiary/aromatic N) is 1. The topological polar surface area (TPSA) is 78.3 Å². The molecular weight excluding hydrogens is 390 g/mol. The van der Waals surface area contributed by atoms with Crippen LogP contribution in [0.25, 0.3) is 27.0 Å². The standard InChI is InChI=1S/C22H18F2N4O2/c1-25-14-10-16-15(6-7-19(29)27-18-8-9-26-22(18)30)20(28-21(16)17(24)11-14)12-2-4-13(23)5-3-12/h2-5,10-11,18,28H,6-9H2,(H,26,30)(H,27,29)/t18-/m0/s1. The number of H-pyrrole nitrogens is 1. The van der Waals surface area contributed by atoms with E-state index in [1.165, 1.54) is 12.1 Å². The highest BCUT2D eigenvalue weighted by Crippen LogP contribution is 2.35. The van der Waals surface area contributed by atoms with E-state index in [4.69, 9.17) is 6.57 Å². The third kappa shape index (κ3) is 3.74. The van der Waals surface area contributed by atoms with E-state index in [-0.39, 0.29) is 35.9 Å². The molecule has 0 bridgehead atoms. The summed E-state index contributed by atoms with van der Waals surface area (Å²) in [4.78, 5) is 30.4. The van der Waals surface area contributed by atoms with Crippen molar-refractivity contribution in [3.63, 3.8) is 0 Å². The van der Waals surface area contributed by atoms with E-state index in [0.29, 0.717) is 35.2 Å². The van der Waals surface area contributed by atoms with Crippen LogP contribution in [0.2, 0.25) is 0 Å². The van der Waals surface area contributed by atoms with Crippen molar-refractivity contribution in [1.82, 2.24) is 15.6 Å². The fraction of sp³-hybridized carbons (Fsp3) is 0.227. The molecule has 152 valence electrons. The number of fused-ring (bicyclic) bond motifs is 1. The molecule has 0 unspecified atom stereocenters. The Morgan fingerprint density at radius 3 is 2.67 bits per heavy atom. The summed E-state index contributed by atoms with van der Waals surface area (Å²) in [7, 11) is 0. The van der Waals surface area contributed by atoms with Gasteiger partial charge in [0.05, 0.1) is 12.1 Å². The number of benzene rings is 2. The molecule has 8 heteroatoms. The minimum atomic E-state index is -0.569. The summed E-state index contributed by atoms with van der Waals surface area (Å²) >= 11 is 0. The molecule has 0 saturated carbocycles. The third-order valence-corrected chi connectivity index (χ3v) is 5.20. The molecular formula is C22H18F2N4O2. The minimum absolute atomic E-state index is 0.0782. The first-order chi connectivity index (χ1) is 14.5. The van der Waals surface area contributed by atoms with E-state index in [0.717, 1.165) is 6.07 Å². The van der Waals surface area contributed by atoms with Crippen LogP contribution in [0.15, 0.2) is 36.4 Å². The Bertz CT molecular complexity index is 1180. The molecule has 1 aliphatic rings. The highest BCUT2D eigenvalue weighted by molar-refractivity contribution is 5.94. The normalized spacial score (nSPS) is 15.8. The summed E-state index contributed by atoms with van der Waals surface area (Å²) in [5.41, 5.74) is 2.25. The van der Waals surface area contributed by atoms with Crippen molar-refractivity contribution in [3.8, 4) is 11.3 Å². The number of halogens is 2. The zero-order chi connectivity index (χ0) is 21.3. The van der Waals surface area contributed by atoms with Gasteiger partial charge >= 0.3 is 0 Å². The van der Waals surface area contributed by atoms with Gasteiger partial charge in [0, 0.05) is 18.7 Å². The van der Waals surface area contributed by atoms with Crippen LogP contribution in [0.5, 0.6) is 0 Å². The van der Waals surface area contributed by atoms with E-state index >= 15 is 0 Å². The Labute approximate surface area is 171 Å². The van der Waals surface area contributed by atoms with E-state index in [2.05, 4.69) is 20.5 Å². The van der Waals surface area contributed by atoms with Crippen molar-refractivity contribution in [1.29, 1.82) is 0 Å². The Hall–Kier alpha value is -3.73. The molecule has 2 amide bonds. The molecule has 3 N–H and O–H groups in total. The Morgan fingerprint density at radius 1 is 1.23 bits per heavy atom. The van der Waals surface area contributed by atoms with Gasteiger partial charge in [0.1, 0.15) is 17.7 Å². The van der Waals surface area contributed by atoms with E-state index in [1.54, 1.807) is 18.2 Å². The van der Waals surface area contributed by atoms with Gasteiger partial charge in [0.15, 0.2) is 5.69 Å². The second-order valence-corrected chi connectivity index (χ2v) is 7.15. The van der Waals surface area contributed by atoms with Crippen LogP contribution in [0.4, 0.5) is 14.5 Å². The minimum Gasteiger partial charge on any atom is -0.354 e. The number of hydrogen-bond acceptors (Lipinski definition) is 2. The summed E-state index contributed by atoms with van der Waals surface area (Å²) in [6.45, 7) is 7.73. The summed E-state index contributed by atoms with van der Waals surface area (Å²) in [5.74, 6) is -1.46. The van der Waals surface area contributed by atoms with Crippen LogP contribution in [0.3, 0.4) is 0 Å². The van der Waals surface area contributed by atoms with Crippen molar-refractivity contribution >= 4 is 28.4 Å². The SMILES string of the molecule is [C-]#[N+]c1cc(F)c2[nH]c(-c3ccc(F)cc3)c(CCC(=O)N[C@H]3CCNC3=O)c2c1. The van der Waals surface area contributed by atoms with E-state index in [9.17, 15) is 18.4 Å². The van der Waals surface area contributed by atoms with Crippen molar-refractivity contribution in [2.75, 3.05) is 6.54 Å². The maximum Gasteiger partial charge on any atom is 0.242 e. The fourth-order valence-corrected chi connectivity index (χ4v) is 3.72. The second-order valence-electron chi connectivity index (χ2n) is 7.15. The summed E-state index contributed by atoms with van der Waals surface area (Å²) in [6, 6.07) is 7.93. The number of amides is 2. The quantitative estimate of drug-likeness (QED) is 0.564. The number of aromatic amines is 1. The summed E-state index contributed by atoms with van der Waals surface area (Å²) in [6.07, 6.45) is 0.876. The third-order valence-electron chi connectivity index (χ3n) is 5.20. The fourth-order valence-electron chi connectivity index (χ4n) is 3.72. The molecule has 1 aromatic heterocycles. The molecule has 1 saturated heterocycles. The number of carbonyl (C=O) groups is 2. The van der Waals surface area contributed by atoms with Gasteiger partial charge in [0.25, 0.3) is 0 Å². The number of aryl methyl sites for hydroxylation is 1. The number of nitrogens with one attached hydrogen (secondary N) is 3. The monoisotopic (exact) mass is 408 g/mol. The Morgan fingerprint density at radius 2 is 2.00 bits per heavy atom. The zero-order valence-electron chi connectivity index (χ0n) is 15.9. The lowest BCUT2D eigenvalue weighted by atomic mass is 10.0. The zero-order valence-corrected chi connectivity index (χ0v) is 15.9. The first-order valence-electron chi connectivity index (χ1n) is 9.51. The maximum atomic E-state index is 14.6. The van der Waals surface area contributed by atoms with E-state index in [1.807, 2.05) is 0 Å². The van der Waals surface area contributed by atoms with Crippen molar-refractivity contribution in [2.45, 2.75) is 25.3 Å². The van der Waals surface area contributed by atoms with Crippen molar-refractivity contribution < 1.29 is 18.4 Å². The predicted molar refractivity (Wildman–Crippen MR) is 108 cm³/mol. The molecule has 0 aliphatic carbocycles.